The van der Waals surface area contributed by atoms with E-state index in [2.05, 4.69) is 112 Å². The molecule has 4 saturated heterocycles. The van der Waals surface area contributed by atoms with Crippen molar-refractivity contribution in [3.05, 3.63) is 89.0 Å². The first-order valence-electron chi connectivity index (χ1n) is 46.7. The molecular weight excluding hydrogens is 2150 g/mol. The van der Waals surface area contributed by atoms with Crippen molar-refractivity contribution in [2.24, 2.45) is 5.73 Å². The highest BCUT2D eigenvalue weighted by Gasteiger charge is 2.45. The van der Waals surface area contributed by atoms with Crippen LogP contribution in [-0.4, -0.2) is 324 Å². The van der Waals surface area contributed by atoms with Gasteiger partial charge < -0.3 is 147 Å². The zero-order valence-corrected chi connectivity index (χ0v) is 91.5. The van der Waals surface area contributed by atoms with E-state index < -0.39 is 135 Å². The molecular formula is C84H130B3N19O35P3S6. The fourth-order valence-corrected chi connectivity index (χ4v) is 21.3. The molecule has 23 N–H and O–H groups in total. The Labute approximate surface area is 890 Å². The average Bonchev–Trinajstić information content (AvgIpc) is 1.66. The number of phosphoric ester groups is 1. The topological polar surface area (TPSA) is 783 Å². The summed E-state index contributed by atoms with van der Waals surface area (Å²) in [7, 11) is -6.54. The molecule has 150 heavy (non-hydrogen) atoms. The van der Waals surface area contributed by atoms with Crippen LogP contribution >= 0.6 is 88.2 Å². The van der Waals surface area contributed by atoms with E-state index in [9.17, 15) is 81.3 Å². The molecule has 4 aromatic heterocycles. The molecule has 0 saturated carbocycles. The van der Waals surface area contributed by atoms with Crippen LogP contribution in [0.2, 0.25) is 20.5 Å². The number of ketones is 4. The molecule has 4 aliphatic heterocycles. The molecule has 1 radical (unpaired) electrons. The van der Waals surface area contributed by atoms with Gasteiger partial charge in [-0.3, -0.25) is 42.0 Å². The molecule has 66 heteroatoms. The number of Topliss-reactive ketones (excluding diaryl/α,β-unsaturated/α-hetero) is 4. The third-order valence-electron chi connectivity index (χ3n) is 20.0. The number of aliphatic hydroxyl groups is 1. The number of hydrogen-bond donors (Lipinski definition) is 18. The van der Waals surface area contributed by atoms with Crippen molar-refractivity contribution in [1.82, 2.24) is 69.8 Å². The van der Waals surface area contributed by atoms with Gasteiger partial charge >= 0.3 is 78.6 Å². The molecule has 4 aliphatic rings. The summed E-state index contributed by atoms with van der Waals surface area (Å²) in [6.07, 6.45) is 0.0189. The third-order valence-corrected chi connectivity index (χ3v) is 30.9. The van der Waals surface area contributed by atoms with Crippen LogP contribution in [0.15, 0.2) is 44.0 Å². The Morgan fingerprint density at radius 1 is 0.453 bits per heavy atom. The lowest BCUT2D eigenvalue weighted by atomic mass is 9.89. The SMILES string of the molecule is CB(O)NCCSSCCOC(=O)NCC#Cc1cn([C@H]2CC(OCCC(C)=O)[C@@H](CO)O2)c(=O)nc1N.CB(O)NCCSSCCOC(=O)NCC#Cc1cn([C@H]2CC(OCCC(C)=O)[C@@H](COP(=O)(O)OP(=O)(O)OP(=O)(O)O)O2)c(=O)nc1N.CC[C@H]1O[C@@H](n2cc(C#CCN)c(N)nc2=O)CC1OCCC(C)=O.C[B]NCCSSCCOC(=O)NCC#Cc1cn([C@H]2CC(OCCC(C)=O)[C@@H](CC)O2)c(=O)nc1N. The van der Waals surface area contributed by atoms with Crippen LogP contribution in [0.3, 0.4) is 0 Å². The maximum absolute atomic E-state index is 12.7. The van der Waals surface area contributed by atoms with Gasteiger partial charge in [-0.2, -0.15) is 28.6 Å². The number of carbonyl (C=O) groups excluding carboxylic acids is 7. The molecule has 0 aliphatic carbocycles. The van der Waals surface area contributed by atoms with Gasteiger partial charge in [0.05, 0.1) is 125 Å². The van der Waals surface area contributed by atoms with Gasteiger partial charge in [0.25, 0.3) is 0 Å². The molecule has 4 fully saturated rings. The van der Waals surface area contributed by atoms with Crippen molar-refractivity contribution >= 4 is 174 Å². The van der Waals surface area contributed by atoms with E-state index in [1.165, 1.54) is 70.8 Å². The Balaban J connectivity index is 0.000000360. The highest BCUT2D eigenvalue weighted by molar-refractivity contribution is 8.77. The first-order valence-corrected chi connectivity index (χ1v) is 58.7. The summed E-state index contributed by atoms with van der Waals surface area (Å²) in [4.78, 5) is 182. The number of carbonyl (C=O) groups is 7. The van der Waals surface area contributed by atoms with Crippen LogP contribution in [0.25, 0.3) is 0 Å². The summed E-state index contributed by atoms with van der Waals surface area (Å²) < 4.78 is 113. The lowest BCUT2D eigenvalue weighted by Crippen LogP contribution is -2.32. The highest BCUT2D eigenvalue weighted by atomic mass is 33.1. The minimum atomic E-state index is -5.78. The summed E-state index contributed by atoms with van der Waals surface area (Å²) in [6, 6.07) is 0. The van der Waals surface area contributed by atoms with Crippen molar-refractivity contribution in [3.63, 3.8) is 0 Å². The van der Waals surface area contributed by atoms with Gasteiger partial charge in [0.2, 0.25) is 7.41 Å². The standard InChI is InChI=1S/C23H35BN5O6S2.C22H37BN5O17P3S2.C22H34BN5O8S2.C17H24N4O4/c1-4-18-19(33-10-7-16(2)30)14-20(35-18)29-15-17(21(25)28-22(29)31)6-5-8-26-23(32)34-11-13-37-36-12-9-27-24-3;1-15(29)5-8-40-17-12-19(43-18(17)14-42-47(36,37)45-48(38,39)44-46(33,34)35)28-13-16(20(24)27-21(28)30)4-3-6-25-22(31)41-9-11-50-49-10-7-26-23(2)32;1-15(30)5-8-34-17-12-19(36-18(17)14-29)28-13-16(20(24)27-21(28)31)4-3-6-25-22(32)35-9-11-38-37-10-7-26-23(2)33;1-3-13-14(24-8-6-11(2)22)9-15(25-13)21-10-12(5-4-7-18)16(19)20-17(21)23/h15,18-20,27H,4,7-14H2,1-3H3,(H,26,32)(H2,25,28,31);13,17-19,26,32H,5-12,14H2,1-2H3,(H,25,31)(H,36,37)(H,38,39)(H2,24,27,30)(H2,33,34,35);13,17-19,26,29,33H,5-12,14H2,1-2H3,(H,25,32)(H2,24,27,31);10,13-15H,3,6-9,18H2,1-2H3,(H2,19,20,23)/t18-,19?,20-;2*17?,18-,19-;13-,14?,15-/m1111/s1. The first-order chi connectivity index (χ1) is 71.3. The zero-order valence-electron chi connectivity index (χ0n) is 83.9. The second kappa shape index (κ2) is 71.6. The van der Waals surface area contributed by atoms with Crippen molar-refractivity contribution in [2.45, 2.75) is 200 Å². The third kappa shape index (κ3) is 53.1. The minimum Gasteiger partial charge on any atom is -0.449 e. The number of rotatable bonds is 57. The fraction of sp³-hybridized carbons (Fsp3) is 0.631. The largest absolute Gasteiger partial charge is 0.490 e. The van der Waals surface area contributed by atoms with E-state index in [0.29, 0.717) is 93.4 Å². The maximum atomic E-state index is 12.7. The molecule has 8 rings (SSSR count). The van der Waals surface area contributed by atoms with Gasteiger partial charge in [0, 0.05) is 111 Å². The Morgan fingerprint density at radius 2 is 0.747 bits per heavy atom. The van der Waals surface area contributed by atoms with Crippen LogP contribution in [0.1, 0.15) is 153 Å². The fourth-order valence-electron chi connectivity index (χ4n) is 13.0. The van der Waals surface area contributed by atoms with E-state index in [1.807, 2.05) is 28.1 Å². The van der Waals surface area contributed by atoms with Crippen LogP contribution in [0.4, 0.5) is 37.7 Å². The van der Waals surface area contributed by atoms with E-state index in [1.54, 1.807) is 73.8 Å². The zero-order chi connectivity index (χ0) is 111. The van der Waals surface area contributed by atoms with E-state index in [-0.39, 0.29) is 167 Å². The number of hydrogen-bond acceptors (Lipinski definition) is 49. The number of aromatic nitrogens is 8. The second-order valence-corrected chi connectivity index (χ2v) is 44.5. The van der Waals surface area contributed by atoms with Gasteiger partial charge in [-0.05, 0) is 73.8 Å². The normalized spacial score (nSPS) is 19.6. The van der Waals surface area contributed by atoms with Crippen molar-refractivity contribution in [1.29, 1.82) is 0 Å². The van der Waals surface area contributed by atoms with Gasteiger partial charge in [-0.1, -0.05) is 133 Å². The van der Waals surface area contributed by atoms with Crippen molar-refractivity contribution in [2.75, 3.05) is 163 Å². The molecule has 54 nitrogen and oxygen atoms in total. The predicted molar refractivity (Wildman–Crippen MR) is 566 cm³/mol. The highest BCUT2D eigenvalue weighted by Crippen LogP contribution is 2.66. The van der Waals surface area contributed by atoms with Crippen LogP contribution < -0.4 is 83.1 Å². The number of nitrogens with two attached hydrogens (primary N) is 5. The maximum Gasteiger partial charge on any atom is 0.490 e. The number of nitrogens with one attached hydrogen (secondary N) is 6. The van der Waals surface area contributed by atoms with Gasteiger partial charge in [-0.25, -0.2) is 47.3 Å². The summed E-state index contributed by atoms with van der Waals surface area (Å²) >= 11 is 0. The average molecular weight is 2280 g/mol. The Morgan fingerprint density at radius 3 is 1.04 bits per heavy atom. The Bertz CT molecular complexity index is 5680. The smallest absolute Gasteiger partial charge is 0.449 e. The molecule has 8 heterocycles. The summed E-state index contributed by atoms with van der Waals surface area (Å²) in [5.41, 5.74) is 27.2. The number of ether oxygens (including phenoxy) is 11. The summed E-state index contributed by atoms with van der Waals surface area (Å²) in [5, 5.41) is 44.2. The van der Waals surface area contributed by atoms with Crippen LogP contribution in [0.5, 0.6) is 0 Å². The summed E-state index contributed by atoms with van der Waals surface area (Å²) in [5.74, 6) is 26.0. The van der Waals surface area contributed by atoms with Crippen molar-refractivity contribution in [3.8, 4) is 47.4 Å². The number of alkyl carbamates (subject to hydrolysis) is 3. The molecule has 3 amide bonds. The molecule has 831 valence electrons. The number of aliphatic hydroxyl groups excluding tert-OH is 1. The van der Waals surface area contributed by atoms with Gasteiger partial charge in [0.15, 0.2) is 0 Å². The molecule has 14 atom stereocenters. The minimum absolute atomic E-state index is 0.00262. The van der Waals surface area contributed by atoms with E-state index in [4.69, 9.17) is 101 Å². The Kier molecular flexibility index (Phi) is 63.0. The molecule has 0 aromatic carbocycles. The monoisotopic (exact) mass is 2280 g/mol. The quantitative estimate of drug-likeness (QED) is 0.00742. The van der Waals surface area contributed by atoms with Gasteiger partial charge in [0.1, 0.15) is 103 Å². The summed E-state index contributed by atoms with van der Waals surface area (Å²) in [6.45, 7) is 17.5. The number of anilines is 4. The van der Waals surface area contributed by atoms with Crippen LogP contribution in [-0.2, 0) is 98.1 Å². The number of nitrogen functional groups attached to an aromatic ring is 4. The molecule has 0 spiro atoms. The second-order valence-electron chi connectivity index (χ2n) is 32.0. The number of amides is 3. The predicted octanol–water partition coefficient (Wildman–Crippen LogP) is 1.41. The lowest BCUT2D eigenvalue weighted by Gasteiger charge is -2.21. The Hall–Kier alpha value is -8.45. The molecule has 0 bridgehead atoms. The van der Waals surface area contributed by atoms with E-state index >= 15 is 0 Å². The van der Waals surface area contributed by atoms with Crippen molar-refractivity contribution < 1.29 is 147 Å². The number of nitrogens with zero attached hydrogens (tertiary/aromatic N) is 8. The molecule has 4 aromatic rings. The molecule has 6 unspecified atom stereocenters. The number of phosphoric acid groups is 3. The van der Waals surface area contributed by atoms with E-state index in [0.717, 1.165) is 34.8 Å². The first kappa shape index (κ1) is 132. The van der Waals surface area contributed by atoms with Gasteiger partial charge in [-0.15, -0.1) is 0 Å². The van der Waals surface area contributed by atoms with Crippen LogP contribution in [0, 0.1) is 47.4 Å². The lowest BCUT2D eigenvalue weighted by molar-refractivity contribution is -0.120.